The predicted molar refractivity (Wildman–Crippen MR) is 90.3 cm³/mol. The third-order valence-corrected chi connectivity index (χ3v) is 4.72. The van der Waals surface area contributed by atoms with Crippen molar-refractivity contribution in [3.8, 4) is 0 Å². The lowest BCUT2D eigenvalue weighted by molar-refractivity contribution is 0.549. The quantitative estimate of drug-likeness (QED) is 0.647. The highest BCUT2D eigenvalue weighted by Crippen LogP contribution is 2.48. The molecule has 1 aliphatic rings. The summed E-state index contributed by atoms with van der Waals surface area (Å²) in [5.41, 5.74) is 5.43. The molecular formula is C21H22. The Morgan fingerprint density at radius 1 is 0.952 bits per heavy atom. The van der Waals surface area contributed by atoms with E-state index < -0.39 is 0 Å². The number of rotatable bonds is 3. The van der Waals surface area contributed by atoms with Gasteiger partial charge in [0, 0.05) is 11.3 Å². The third kappa shape index (κ3) is 2.35. The van der Waals surface area contributed by atoms with Crippen LogP contribution in [0.5, 0.6) is 0 Å². The van der Waals surface area contributed by atoms with E-state index in [1.54, 1.807) is 0 Å². The number of hydrogen-bond acceptors (Lipinski definition) is 0. The molecule has 0 heteroatoms. The molecule has 0 spiro atoms. The van der Waals surface area contributed by atoms with Crippen molar-refractivity contribution in [1.82, 2.24) is 0 Å². The Morgan fingerprint density at radius 2 is 1.43 bits per heavy atom. The van der Waals surface area contributed by atoms with Crippen LogP contribution in [0.4, 0.5) is 0 Å². The van der Waals surface area contributed by atoms with Crippen LogP contribution in [-0.2, 0) is 5.41 Å². The first-order chi connectivity index (χ1) is 10.1. The second kappa shape index (κ2) is 5.37. The Kier molecular flexibility index (Phi) is 3.55. The first kappa shape index (κ1) is 13.9. The Hall–Kier alpha value is -2.08. The summed E-state index contributed by atoms with van der Waals surface area (Å²) < 4.78 is 0. The van der Waals surface area contributed by atoms with E-state index in [1.807, 2.05) is 0 Å². The predicted octanol–water partition coefficient (Wildman–Crippen LogP) is 5.52. The number of benzene rings is 2. The Morgan fingerprint density at radius 3 is 1.81 bits per heavy atom. The van der Waals surface area contributed by atoms with Crippen LogP contribution in [0, 0.1) is 5.92 Å². The van der Waals surface area contributed by atoms with Gasteiger partial charge in [-0.05, 0) is 31.4 Å². The van der Waals surface area contributed by atoms with E-state index in [9.17, 15) is 0 Å². The minimum atomic E-state index is -0.0176. The summed E-state index contributed by atoms with van der Waals surface area (Å²) in [4.78, 5) is 0. The molecule has 0 nitrogen and oxygen atoms in total. The molecule has 0 aromatic heterocycles. The lowest BCUT2D eigenvalue weighted by atomic mass is 9.72. The average molecular weight is 274 g/mol. The van der Waals surface area contributed by atoms with Gasteiger partial charge in [-0.15, -0.1) is 0 Å². The maximum Gasteiger partial charge on any atom is 0.0393 e. The fourth-order valence-electron chi connectivity index (χ4n) is 3.63. The molecule has 0 amide bonds. The minimum absolute atomic E-state index is 0.0176. The molecule has 1 aliphatic carbocycles. The van der Waals surface area contributed by atoms with E-state index in [1.165, 1.54) is 22.3 Å². The van der Waals surface area contributed by atoms with Gasteiger partial charge >= 0.3 is 0 Å². The van der Waals surface area contributed by atoms with Crippen LogP contribution >= 0.6 is 0 Å². The van der Waals surface area contributed by atoms with Crippen molar-refractivity contribution in [2.75, 3.05) is 0 Å². The molecule has 0 N–H and O–H groups in total. The monoisotopic (exact) mass is 274 g/mol. The highest BCUT2D eigenvalue weighted by atomic mass is 14.4. The molecule has 106 valence electrons. The SMILES string of the molecule is C=C(C)C1CC(c2ccccc2)(c2ccccc2)C=C1C. The summed E-state index contributed by atoms with van der Waals surface area (Å²) in [6.07, 6.45) is 3.54. The van der Waals surface area contributed by atoms with Gasteiger partial charge in [0.1, 0.15) is 0 Å². The van der Waals surface area contributed by atoms with Crippen LogP contribution in [0.2, 0.25) is 0 Å². The lowest BCUT2D eigenvalue weighted by Crippen LogP contribution is -2.24. The molecule has 21 heavy (non-hydrogen) atoms. The van der Waals surface area contributed by atoms with E-state index in [4.69, 9.17) is 0 Å². The molecule has 0 bridgehead atoms. The zero-order valence-electron chi connectivity index (χ0n) is 12.8. The maximum absolute atomic E-state index is 4.20. The standard InChI is InChI=1S/C21H22/c1-16(2)20-15-21(14-17(20)3,18-10-6-4-7-11-18)19-12-8-5-9-13-19/h4-14,20H,1,15H2,2-3H3. The summed E-state index contributed by atoms with van der Waals surface area (Å²) in [6, 6.07) is 21.7. The van der Waals surface area contributed by atoms with Gasteiger partial charge in [0.05, 0.1) is 0 Å². The minimum Gasteiger partial charge on any atom is -0.0995 e. The topological polar surface area (TPSA) is 0 Å². The second-order valence-corrected chi connectivity index (χ2v) is 6.19. The first-order valence-electron chi connectivity index (χ1n) is 7.59. The Bertz CT molecular complexity index is 622. The number of hydrogen-bond donors (Lipinski definition) is 0. The summed E-state index contributed by atoms with van der Waals surface area (Å²) >= 11 is 0. The summed E-state index contributed by atoms with van der Waals surface area (Å²) in [6.45, 7) is 8.59. The maximum atomic E-state index is 4.20. The molecule has 1 unspecified atom stereocenters. The zero-order chi connectivity index (χ0) is 14.9. The second-order valence-electron chi connectivity index (χ2n) is 6.19. The van der Waals surface area contributed by atoms with Crippen LogP contribution in [0.15, 0.2) is 84.5 Å². The van der Waals surface area contributed by atoms with Crippen LogP contribution in [0.3, 0.4) is 0 Å². The van der Waals surface area contributed by atoms with Crippen molar-refractivity contribution < 1.29 is 0 Å². The van der Waals surface area contributed by atoms with Gasteiger partial charge in [0.2, 0.25) is 0 Å². The molecule has 0 aliphatic heterocycles. The summed E-state index contributed by atoms with van der Waals surface area (Å²) in [7, 11) is 0. The van der Waals surface area contributed by atoms with Gasteiger partial charge in [-0.3, -0.25) is 0 Å². The van der Waals surface area contributed by atoms with Crippen molar-refractivity contribution in [2.45, 2.75) is 25.7 Å². The molecule has 3 rings (SSSR count). The molecule has 0 radical (unpaired) electrons. The van der Waals surface area contributed by atoms with Crippen LogP contribution in [0.1, 0.15) is 31.4 Å². The zero-order valence-corrected chi connectivity index (χ0v) is 12.8. The third-order valence-electron chi connectivity index (χ3n) is 4.72. The average Bonchev–Trinajstić information content (AvgIpc) is 2.88. The van der Waals surface area contributed by atoms with Crippen LogP contribution in [0.25, 0.3) is 0 Å². The van der Waals surface area contributed by atoms with Crippen LogP contribution < -0.4 is 0 Å². The highest BCUT2D eigenvalue weighted by Gasteiger charge is 2.40. The summed E-state index contributed by atoms with van der Waals surface area (Å²) in [5, 5.41) is 0. The molecule has 0 saturated heterocycles. The van der Waals surface area contributed by atoms with Gasteiger partial charge in [-0.2, -0.15) is 0 Å². The molecular weight excluding hydrogens is 252 g/mol. The molecule has 1 atom stereocenters. The van der Waals surface area contributed by atoms with Crippen molar-refractivity contribution in [1.29, 1.82) is 0 Å². The molecule has 0 fully saturated rings. The largest absolute Gasteiger partial charge is 0.0995 e. The van der Waals surface area contributed by atoms with Crippen molar-refractivity contribution in [2.24, 2.45) is 5.92 Å². The van der Waals surface area contributed by atoms with Gasteiger partial charge in [0.15, 0.2) is 0 Å². The van der Waals surface area contributed by atoms with E-state index in [-0.39, 0.29) is 5.41 Å². The molecule has 2 aromatic rings. The summed E-state index contributed by atoms with van der Waals surface area (Å²) in [5.74, 6) is 0.477. The van der Waals surface area contributed by atoms with Crippen molar-refractivity contribution >= 4 is 0 Å². The van der Waals surface area contributed by atoms with Gasteiger partial charge in [-0.1, -0.05) is 84.5 Å². The van der Waals surface area contributed by atoms with E-state index in [0.717, 1.165) is 6.42 Å². The van der Waals surface area contributed by atoms with E-state index in [2.05, 4.69) is 87.2 Å². The van der Waals surface area contributed by atoms with E-state index in [0.29, 0.717) is 5.92 Å². The van der Waals surface area contributed by atoms with Gasteiger partial charge in [-0.25, -0.2) is 0 Å². The lowest BCUT2D eigenvalue weighted by Gasteiger charge is -2.30. The Labute approximate surface area is 127 Å². The van der Waals surface area contributed by atoms with Gasteiger partial charge < -0.3 is 0 Å². The fraction of sp³-hybridized carbons (Fsp3) is 0.238. The number of allylic oxidation sites excluding steroid dienone is 3. The van der Waals surface area contributed by atoms with E-state index >= 15 is 0 Å². The fourth-order valence-corrected chi connectivity index (χ4v) is 3.63. The van der Waals surface area contributed by atoms with Gasteiger partial charge in [0.25, 0.3) is 0 Å². The molecule has 0 heterocycles. The van der Waals surface area contributed by atoms with Crippen LogP contribution in [-0.4, -0.2) is 0 Å². The first-order valence-corrected chi connectivity index (χ1v) is 7.59. The normalized spacial score (nSPS) is 20.1. The molecule has 2 aromatic carbocycles. The van der Waals surface area contributed by atoms with Crippen molar-refractivity contribution in [3.05, 3.63) is 95.6 Å². The Balaban J connectivity index is 2.17. The smallest absolute Gasteiger partial charge is 0.0393 e. The molecule has 0 saturated carbocycles. The van der Waals surface area contributed by atoms with Crippen molar-refractivity contribution in [3.63, 3.8) is 0 Å². The highest BCUT2D eigenvalue weighted by molar-refractivity contribution is 5.49.